The highest BCUT2D eigenvalue weighted by atomic mass is 16.6. The lowest BCUT2D eigenvalue weighted by Crippen LogP contribution is -2.23. The van der Waals surface area contributed by atoms with Crippen molar-refractivity contribution in [3.8, 4) is 0 Å². The van der Waals surface area contributed by atoms with Crippen LogP contribution >= 0.6 is 0 Å². The second kappa shape index (κ2) is 5.79. The molecule has 1 aliphatic heterocycles. The molecule has 0 spiro atoms. The van der Waals surface area contributed by atoms with E-state index in [9.17, 15) is 10.1 Å². The van der Waals surface area contributed by atoms with Crippen LogP contribution in [0.2, 0.25) is 0 Å². The monoisotopic (exact) mass is 277 g/mol. The summed E-state index contributed by atoms with van der Waals surface area (Å²) in [7, 11) is 0. The third-order valence-corrected chi connectivity index (χ3v) is 3.83. The summed E-state index contributed by atoms with van der Waals surface area (Å²) >= 11 is 0. The molecular formula is C15H23N3O2. The van der Waals surface area contributed by atoms with Crippen LogP contribution in [0.5, 0.6) is 0 Å². The van der Waals surface area contributed by atoms with Gasteiger partial charge in [0.25, 0.3) is 5.69 Å². The van der Waals surface area contributed by atoms with Gasteiger partial charge < -0.3 is 5.32 Å². The van der Waals surface area contributed by atoms with Gasteiger partial charge in [-0.15, -0.1) is 0 Å². The van der Waals surface area contributed by atoms with Crippen LogP contribution in [0, 0.1) is 15.5 Å². The van der Waals surface area contributed by atoms with Crippen LogP contribution in [0.15, 0.2) is 18.2 Å². The smallest absolute Gasteiger partial charge is 0.292 e. The first kappa shape index (κ1) is 14.8. The standard InChI is InChI=1S/C15H23N3O2/c1-4-16-14-12(6-5-7-13(14)18(19)20)10-17-9-8-15(2,3)11-17/h5-7,16H,4,8-11H2,1-3H3. The van der Waals surface area contributed by atoms with Gasteiger partial charge >= 0.3 is 0 Å². The van der Waals surface area contributed by atoms with Crippen molar-refractivity contribution in [3.63, 3.8) is 0 Å². The molecule has 20 heavy (non-hydrogen) atoms. The number of benzene rings is 1. The van der Waals surface area contributed by atoms with Crippen molar-refractivity contribution in [2.45, 2.75) is 33.7 Å². The van der Waals surface area contributed by atoms with Crippen molar-refractivity contribution < 1.29 is 4.92 Å². The van der Waals surface area contributed by atoms with Crippen molar-refractivity contribution in [1.82, 2.24) is 4.90 Å². The fourth-order valence-corrected chi connectivity index (χ4v) is 2.85. The maximum atomic E-state index is 11.1. The molecular weight excluding hydrogens is 254 g/mol. The Bertz CT molecular complexity index is 500. The minimum absolute atomic E-state index is 0.169. The van der Waals surface area contributed by atoms with Gasteiger partial charge in [0.2, 0.25) is 0 Å². The number of rotatable bonds is 5. The summed E-state index contributed by atoms with van der Waals surface area (Å²) in [6.45, 7) is 10.1. The first-order valence-electron chi connectivity index (χ1n) is 7.15. The van der Waals surface area contributed by atoms with Crippen molar-refractivity contribution in [3.05, 3.63) is 33.9 Å². The third kappa shape index (κ3) is 3.28. The number of para-hydroxylation sites is 1. The molecule has 0 unspecified atom stereocenters. The maximum absolute atomic E-state index is 11.1. The summed E-state index contributed by atoms with van der Waals surface area (Å²) in [6.07, 6.45) is 1.18. The van der Waals surface area contributed by atoms with Crippen LogP contribution in [0.3, 0.4) is 0 Å². The highest BCUT2D eigenvalue weighted by Crippen LogP contribution is 2.33. The van der Waals surface area contributed by atoms with Gasteiger partial charge in [-0.2, -0.15) is 0 Å². The molecule has 1 saturated heterocycles. The molecule has 1 aromatic rings. The van der Waals surface area contributed by atoms with E-state index >= 15 is 0 Å². The quantitative estimate of drug-likeness (QED) is 0.663. The lowest BCUT2D eigenvalue weighted by Gasteiger charge is -2.21. The number of hydrogen-bond acceptors (Lipinski definition) is 4. The van der Waals surface area contributed by atoms with Gasteiger partial charge in [0.05, 0.1) is 4.92 Å². The summed E-state index contributed by atoms with van der Waals surface area (Å²) in [4.78, 5) is 13.2. The fraction of sp³-hybridized carbons (Fsp3) is 0.600. The molecule has 1 N–H and O–H groups in total. The molecule has 1 fully saturated rings. The normalized spacial score (nSPS) is 18.1. The molecule has 0 radical (unpaired) electrons. The Kier molecular flexibility index (Phi) is 4.28. The summed E-state index contributed by atoms with van der Waals surface area (Å²) in [5.41, 5.74) is 2.20. The first-order valence-corrected chi connectivity index (χ1v) is 7.15. The van der Waals surface area contributed by atoms with Crippen LogP contribution in [-0.4, -0.2) is 29.5 Å². The van der Waals surface area contributed by atoms with Crippen LogP contribution in [0.4, 0.5) is 11.4 Å². The molecule has 1 heterocycles. The predicted molar refractivity (Wildman–Crippen MR) is 80.9 cm³/mol. The minimum Gasteiger partial charge on any atom is -0.380 e. The number of anilines is 1. The van der Waals surface area contributed by atoms with E-state index in [1.165, 1.54) is 6.42 Å². The van der Waals surface area contributed by atoms with Gasteiger partial charge in [0.15, 0.2) is 0 Å². The van der Waals surface area contributed by atoms with Gasteiger partial charge in [-0.25, -0.2) is 0 Å². The van der Waals surface area contributed by atoms with Crippen LogP contribution < -0.4 is 5.32 Å². The summed E-state index contributed by atoms with van der Waals surface area (Å²) in [5.74, 6) is 0. The molecule has 0 bridgehead atoms. The van der Waals surface area contributed by atoms with Crippen LogP contribution in [0.25, 0.3) is 0 Å². The highest BCUT2D eigenvalue weighted by molar-refractivity contribution is 5.66. The SMILES string of the molecule is CCNc1c(CN2CCC(C)(C)C2)cccc1[N+](=O)[O-]. The second-order valence-corrected chi connectivity index (χ2v) is 6.22. The van der Waals surface area contributed by atoms with Crippen molar-refractivity contribution in [1.29, 1.82) is 0 Å². The van der Waals surface area contributed by atoms with Crippen LogP contribution in [-0.2, 0) is 6.54 Å². The topological polar surface area (TPSA) is 58.4 Å². The van der Waals surface area contributed by atoms with E-state index in [1.54, 1.807) is 12.1 Å². The van der Waals surface area contributed by atoms with Crippen molar-refractivity contribution in [2.24, 2.45) is 5.41 Å². The molecule has 0 atom stereocenters. The number of hydrogen-bond donors (Lipinski definition) is 1. The molecule has 0 aliphatic carbocycles. The van der Waals surface area contributed by atoms with E-state index in [2.05, 4.69) is 24.1 Å². The van der Waals surface area contributed by atoms with Gasteiger partial charge in [-0.05, 0) is 30.9 Å². The molecule has 0 aromatic heterocycles. The molecule has 2 rings (SSSR count). The lowest BCUT2D eigenvalue weighted by molar-refractivity contribution is -0.384. The Morgan fingerprint density at radius 3 is 2.75 bits per heavy atom. The summed E-state index contributed by atoms with van der Waals surface area (Å²) < 4.78 is 0. The van der Waals surface area contributed by atoms with E-state index in [4.69, 9.17) is 0 Å². The van der Waals surface area contributed by atoms with E-state index in [0.29, 0.717) is 17.6 Å². The molecule has 1 aromatic carbocycles. The number of likely N-dealkylation sites (tertiary alicyclic amines) is 1. The van der Waals surface area contributed by atoms with E-state index < -0.39 is 0 Å². The molecule has 0 amide bonds. The third-order valence-electron chi connectivity index (χ3n) is 3.83. The Morgan fingerprint density at radius 2 is 2.20 bits per heavy atom. The Morgan fingerprint density at radius 1 is 1.45 bits per heavy atom. The van der Waals surface area contributed by atoms with E-state index in [0.717, 1.165) is 25.2 Å². The van der Waals surface area contributed by atoms with Crippen molar-refractivity contribution in [2.75, 3.05) is 25.0 Å². The average molecular weight is 277 g/mol. The number of nitrogens with one attached hydrogen (secondary N) is 1. The second-order valence-electron chi connectivity index (χ2n) is 6.22. The van der Waals surface area contributed by atoms with Gasteiger partial charge in [0, 0.05) is 25.7 Å². The molecule has 1 aliphatic rings. The summed E-state index contributed by atoms with van der Waals surface area (Å²) in [6, 6.07) is 5.32. The minimum atomic E-state index is -0.310. The molecule has 5 nitrogen and oxygen atoms in total. The van der Waals surface area contributed by atoms with Gasteiger partial charge in [-0.3, -0.25) is 15.0 Å². The molecule has 5 heteroatoms. The van der Waals surface area contributed by atoms with Crippen LogP contribution in [0.1, 0.15) is 32.8 Å². The number of nitro groups is 1. The average Bonchev–Trinajstić information content (AvgIpc) is 2.71. The largest absolute Gasteiger partial charge is 0.380 e. The van der Waals surface area contributed by atoms with Gasteiger partial charge in [-0.1, -0.05) is 26.0 Å². The Hall–Kier alpha value is -1.62. The zero-order valence-corrected chi connectivity index (χ0v) is 12.5. The first-order chi connectivity index (χ1) is 9.43. The Labute approximate surface area is 120 Å². The van der Waals surface area contributed by atoms with E-state index in [1.807, 2.05) is 13.0 Å². The number of nitro benzene ring substituents is 1. The van der Waals surface area contributed by atoms with Gasteiger partial charge in [0.1, 0.15) is 5.69 Å². The van der Waals surface area contributed by atoms with Crippen molar-refractivity contribution >= 4 is 11.4 Å². The Balaban J connectivity index is 2.23. The predicted octanol–water partition coefficient (Wildman–Crippen LogP) is 3.26. The highest BCUT2D eigenvalue weighted by Gasteiger charge is 2.30. The zero-order valence-electron chi connectivity index (χ0n) is 12.5. The zero-order chi connectivity index (χ0) is 14.8. The fourth-order valence-electron chi connectivity index (χ4n) is 2.85. The molecule has 0 saturated carbocycles. The number of nitrogens with zero attached hydrogens (tertiary/aromatic N) is 2. The summed E-state index contributed by atoms with van der Waals surface area (Å²) in [5, 5.41) is 14.3. The lowest BCUT2D eigenvalue weighted by atomic mass is 9.93. The molecule has 110 valence electrons. The maximum Gasteiger partial charge on any atom is 0.292 e. The van der Waals surface area contributed by atoms with E-state index in [-0.39, 0.29) is 10.6 Å².